The average Bonchev–Trinajstić information content (AvgIpc) is 3.29. The molecule has 0 amide bonds. The highest BCUT2D eigenvalue weighted by Gasteiger charge is 2.16. The van der Waals surface area contributed by atoms with Crippen LogP contribution in [0.3, 0.4) is 0 Å². The van der Waals surface area contributed by atoms with Crippen molar-refractivity contribution in [3.05, 3.63) is 47.3 Å². The molecule has 0 fully saturated rings. The second-order valence-electron chi connectivity index (χ2n) is 5.77. The Hall–Kier alpha value is -3.33. The van der Waals surface area contributed by atoms with Gasteiger partial charge in [-0.05, 0) is 30.3 Å². The number of carboxylic acids is 1. The Morgan fingerprint density at radius 2 is 2.04 bits per heavy atom. The summed E-state index contributed by atoms with van der Waals surface area (Å²) in [4.78, 5) is 17.8. The molecule has 0 saturated carbocycles. The van der Waals surface area contributed by atoms with E-state index in [2.05, 4.69) is 20.5 Å². The van der Waals surface area contributed by atoms with Gasteiger partial charge in [-0.1, -0.05) is 10.3 Å². The molecule has 0 unspecified atom stereocenters. The van der Waals surface area contributed by atoms with Crippen LogP contribution in [0.2, 0.25) is 0 Å². The zero-order valence-corrected chi connectivity index (χ0v) is 15.8. The Labute approximate surface area is 159 Å². The number of aliphatic carboxylic acids is 1. The van der Waals surface area contributed by atoms with Crippen LogP contribution in [0.4, 0.5) is 16.5 Å². The molecule has 1 aromatic carbocycles. The third kappa shape index (κ3) is 4.26. The lowest BCUT2D eigenvalue weighted by atomic mass is 10.1. The van der Waals surface area contributed by atoms with Crippen LogP contribution < -0.4 is 10.2 Å². The Morgan fingerprint density at radius 3 is 2.67 bits per heavy atom. The average molecular weight is 386 g/mol. The van der Waals surface area contributed by atoms with Crippen molar-refractivity contribution >= 4 is 39.5 Å². The molecular weight excluding hydrogens is 368 g/mol. The van der Waals surface area contributed by atoms with Gasteiger partial charge in [0.2, 0.25) is 0 Å². The Bertz CT molecular complexity index is 960. The molecule has 27 heavy (non-hydrogen) atoms. The summed E-state index contributed by atoms with van der Waals surface area (Å²) in [6.45, 7) is 0. The minimum absolute atomic E-state index is 0.163. The first-order valence-electron chi connectivity index (χ1n) is 7.93. The largest absolute Gasteiger partial charge is 0.476 e. The normalized spacial score (nSPS) is 11.3. The highest BCUT2D eigenvalue weighted by Crippen LogP contribution is 2.28. The summed E-state index contributed by atoms with van der Waals surface area (Å²) in [5.41, 5.74) is 2.28. The van der Waals surface area contributed by atoms with Crippen LogP contribution in [0.5, 0.6) is 0 Å². The molecule has 9 heteroatoms. The molecule has 3 rings (SSSR count). The number of aromatic nitrogens is 1. The van der Waals surface area contributed by atoms with E-state index in [4.69, 9.17) is 4.52 Å². The third-order valence-corrected chi connectivity index (χ3v) is 4.53. The first kappa shape index (κ1) is 18.5. The van der Waals surface area contributed by atoms with Crippen LogP contribution in [0.25, 0.3) is 11.3 Å². The standard InChI is InChI=1S/C18H18N4O4S/c1-22(2)13-6-4-11(5-7-13)14-9-15(20-26-14)19-16-8-12(10-27-16)17(18(23)24)21-25-3/h4-10H,1-3H3,(H,19,20)(H,23,24)/b21-17+. The fourth-order valence-electron chi connectivity index (χ4n) is 2.35. The second kappa shape index (κ2) is 7.92. The lowest BCUT2D eigenvalue weighted by Gasteiger charge is -2.11. The molecule has 140 valence electrons. The maximum atomic E-state index is 11.2. The van der Waals surface area contributed by atoms with Gasteiger partial charge < -0.3 is 24.7 Å². The predicted molar refractivity (Wildman–Crippen MR) is 105 cm³/mol. The van der Waals surface area contributed by atoms with Gasteiger partial charge in [0.15, 0.2) is 17.3 Å². The molecule has 2 N–H and O–H groups in total. The van der Waals surface area contributed by atoms with Crippen molar-refractivity contribution in [3.8, 4) is 11.3 Å². The van der Waals surface area contributed by atoms with Gasteiger partial charge in [0.05, 0.1) is 5.00 Å². The number of rotatable bonds is 7. The van der Waals surface area contributed by atoms with Gasteiger partial charge >= 0.3 is 5.97 Å². The number of benzene rings is 1. The number of thiophene rings is 1. The monoisotopic (exact) mass is 386 g/mol. The van der Waals surface area contributed by atoms with Crippen LogP contribution in [-0.2, 0) is 9.63 Å². The van der Waals surface area contributed by atoms with E-state index in [-0.39, 0.29) is 5.71 Å². The van der Waals surface area contributed by atoms with Crippen molar-refractivity contribution in [2.45, 2.75) is 0 Å². The topological polar surface area (TPSA) is 100 Å². The van der Waals surface area contributed by atoms with Crippen LogP contribution in [0, 0.1) is 0 Å². The van der Waals surface area contributed by atoms with E-state index < -0.39 is 5.97 Å². The first-order valence-corrected chi connectivity index (χ1v) is 8.80. The predicted octanol–water partition coefficient (Wildman–Crippen LogP) is 3.65. The lowest BCUT2D eigenvalue weighted by Crippen LogP contribution is -2.13. The van der Waals surface area contributed by atoms with Gasteiger partial charge in [-0.3, -0.25) is 0 Å². The molecule has 0 atom stereocenters. The minimum Gasteiger partial charge on any atom is -0.476 e. The summed E-state index contributed by atoms with van der Waals surface area (Å²) in [6, 6.07) is 11.4. The molecule has 8 nitrogen and oxygen atoms in total. The molecule has 0 aliphatic heterocycles. The van der Waals surface area contributed by atoms with Gasteiger partial charge in [0, 0.05) is 42.4 Å². The highest BCUT2D eigenvalue weighted by atomic mass is 32.1. The zero-order valence-electron chi connectivity index (χ0n) is 15.0. The SMILES string of the molecule is CO/N=C(/C(=O)O)c1csc(Nc2cc(-c3ccc(N(C)C)cc3)on2)c1. The van der Waals surface area contributed by atoms with Gasteiger partial charge in [-0.25, -0.2) is 4.79 Å². The highest BCUT2D eigenvalue weighted by molar-refractivity contribution is 7.14. The summed E-state index contributed by atoms with van der Waals surface area (Å²) >= 11 is 1.33. The van der Waals surface area contributed by atoms with Gasteiger partial charge in [-0.15, -0.1) is 11.3 Å². The van der Waals surface area contributed by atoms with Crippen molar-refractivity contribution < 1.29 is 19.3 Å². The van der Waals surface area contributed by atoms with Crippen LogP contribution in [-0.4, -0.2) is 43.1 Å². The maximum Gasteiger partial charge on any atom is 0.358 e. The molecule has 2 heterocycles. The van der Waals surface area contributed by atoms with Crippen LogP contribution in [0.1, 0.15) is 5.56 Å². The molecule has 0 bridgehead atoms. The maximum absolute atomic E-state index is 11.2. The summed E-state index contributed by atoms with van der Waals surface area (Å²) in [7, 11) is 5.26. The van der Waals surface area contributed by atoms with E-state index in [1.54, 1.807) is 17.5 Å². The lowest BCUT2D eigenvalue weighted by molar-refractivity contribution is -0.129. The summed E-state index contributed by atoms with van der Waals surface area (Å²) in [5.74, 6) is -0.00603. The Balaban J connectivity index is 1.75. The number of carbonyl (C=O) groups is 1. The summed E-state index contributed by atoms with van der Waals surface area (Å²) in [6.07, 6.45) is 0. The van der Waals surface area contributed by atoms with E-state index >= 15 is 0 Å². The van der Waals surface area contributed by atoms with Gasteiger partial charge in [0.1, 0.15) is 7.11 Å². The van der Waals surface area contributed by atoms with Gasteiger partial charge in [0.25, 0.3) is 0 Å². The van der Waals surface area contributed by atoms with E-state index in [1.807, 2.05) is 43.3 Å². The number of hydrogen-bond donors (Lipinski definition) is 2. The fraction of sp³-hybridized carbons (Fsp3) is 0.167. The molecular formula is C18H18N4O4S. The molecule has 0 aliphatic rings. The zero-order chi connectivity index (χ0) is 19.4. The van der Waals surface area contributed by atoms with Crippen LogP contribution >= 0.6 is 11.3 Å². The Morgan fingerprint density at radius 1 is 1.30 bits per heavy atom. The Kier molecular flexibility index (Phi) is 5.41. The number of hydrogen-bond acceptors (Lipinski definition) is 8. The number of oxime groups is 1. The van der Waals surface area contributed by atoms with Crippen molar-refractivity contribution in [3.63, 3.8) is 0 Å². The van der Waals surface area contributed by atoms with E-state index in [0.29, 0.717) is 22.1 Å². The van der Waals surface area contributed by atoms with E-state index in [0.717, 1.165) is 11.3 Å². The smallest absolute Gasteiger partial charge is 0.358 e. The first-order chi connectivity index (χ1) is 13.0. The molecule has 0 spiro atoms. The van der Waals surface area contributed by atoms with E-state index in [9.17, 15) is 9.90 Å². The van der Waals surface area contributed by atoms with Crippen molar-refractivity contribution in [2.24, 2.45) is 5.16 Å². The fourth-order valence-corrected chi connectivity index (χ4v) is 3.14. The molecule has 2 aromatic heterocycles. The van der Waals surface area contributed by atoms with Crippen molar-refractivity contribution in [1.29, 1.82) is 0 Å². The van der Waals surface area contributed by atoms with E-state index in [1.165, 1.54) is 18.4 Å². The number of carboxylic acid groups (broad SMARTS) is 1. The number of nitrogens with one attached hydrogen (secondary N) is 1. The molecule has 0 aliphatic carbocycles. The molecule has 0 saturated heterocycles. The van der Waals surface area contributed by atoms with Gasteiger partial charge in [-0.2, -0.15) is 0 Å². The third-order valence-electron chi connectivity index (χ3n) is 3.69. The number of nitrogens with zero attached hydrogens (tertiary/aromatic N) is 3. The summed E-state index contributed by atoms with van der Waals surface area (Å²) < 4.78 is 5.39. The molecule has 3 aromatic rings. The summed E-state index contributed by atoms with van der Waals surface area (Å²) in [5, 5.41) is 22.2. The second-order valence-corrected chi connectivity index (χ2v) is 6.68. The van der Waals surface area contributed by atoms with Crippen molar-refractivity contribution in [1.82, 2.24) is 5.16 Å². The quantitative estimate of drug-likeness (QED) is 0.472. The van der Waals surface area contributed by atoms with Crippen molar-refractivity contribution in [2.75, 3.05) is 31.4 Å². The number of anilines is 3. The minimum atomic E-state index is -1.16. The van der Waals surface area contributed by atoms with Crippen LogP contribution in [0.15, 0.2) is 51.5 Å². The molecule has 0 radical (unpaired) electrons.